The molecular formula is C24H24N2O5S. The lowest BCUT2D eigenvalue weighted by atomic mass is 10.1. The summed E-state index contributed by atoms with van der Waals surface area (Å²) < 4.78 is 10.9. The summed E-state index contributed by atoms with van der Waals surface area (Å²) in [6, 6.07) is 10.8. The first-order valence-corrected chi connectivity index (χ1v) is 10.7. The van der Waals surface area contributed by atoms with E-state index in [2.05, 4.69) is 11.9 Å². The number of nitrogens with one attached hydrogen (secondary N) is 1. The van der Waals surface area contributed by atoms with Crippen LogP contribution in [0.2, 0.25) is 0 Å². The van der Waals surface area contributed by atoms with Crippen molar-refractivity contribution in [3.8, 4) is 11.5 Å². The van der Waals surface area contributed by atoms with Crippen molar-refractivity contribution in [1.29, 1.82) is 0 Å². The Hall–Kier alpha value is -3.52. The van der Waals surface area contributed by atoms with E-state index in [1.807, 2.05) is 32.0 Å². The molecule has 32 heavy (non-hydrogen) atoms. The highest BCUT2D eigenvalue weighted by Gasteiger charge is 2.36. The van der Waals surface area contributed by atoms with E-state index in [9.17, 15) is 14.4 Å². The van der Waals surface area contributed by atoms with Gasteiger partial charge in [-0.2, -0.15) is 0 Å². The van der Waals surface area contributed by atoms with Gasteiger partial charge < -0.3 is 14.8 Å². The molecule has 1 saturated heterocycles. The van der Waals surface area contributed by atoms with Crippen LogP contribution >= 0.6 is 11.8 Å². The summed E-state index contributed by atoms with van der Waals surface area (Å²) in [4.78, 5) is 38.9. The zero-order valence-corrected chi connectivity index (χ0v) is 19.0. The van der Waals surface area contributed by atoms with E-state index < -0.39 is 17.1 Å². The monoisotopic (exact) mass is 452 g/mol. The molecule has 0 atom stereocenters. The SMILES string of the molecule is C=CCOc1ccc(/C=C2/SC(=O)N(CC(=O)Nc3c(C)cccc3C)C2=O)cc1OC. The first kappa shape index (κ1) is 23.1. The van der Waals surface area contributed by atoms with Gasteiger partial charge in [0.05, 0.1) is 12.0 Å². The average molecular weight is 453 g/mol. The molecule has 1 heterocycles. The van der Waals surface area contributed by atoms with Crippen molar-refractivity contribution in [2.24, 2.45) is 0 Å². The molecule has 0 unspecified atom stereocenters. The Labute approximate surface area is 191 Å². The number of para-hydroxylation sites is 1. The van der Waals surface area contributed by atoms with Gasteiger partial charge in [0.1, 0.15) is 13.2 Å². The van der Waals surface area contributed by atoms with E-state index in [0.717, 1.165) is 27.8 Å². The Kier molecular flexibility index (Phi) is 7.37. The highest BCUT2D eigenvalue weighted by Crippen LogP contribution is 2.34. The van der Waals surface area contributed by atoms with E-state index in [0.29, 0.717) is 29.4 Å². The van der Waals surface area contributed by atoms with Crippen molar-refractivity contribution in [3.05, 3.63) is 70.6 Å². The molecule has 0 radical (unpaired) electrons. The number of benzene rings is 2. The third-order valence-electron chi connectivity index (χ3n) is 4.76. The number of rotatable bonds is 8. The van der Waals surface area contributed by atoms with Crippen molar-refractivity contribution in [1.82, 2.24) is 4.90 Å². The average Bonchev–Trinajstić information content (AvgIpc) is 3.02. The number of nitrogens with zero attached hydrogens (tertiary/aromatic N) is 1. The van der Waals surface area contributed by atoms with Crippen LogP contribution < -0.4 is 14.8 Å². The summed E-state index contributed by atoms with van der Waals surface area (Å²) in [5, 5.41) is 2.31. The second kappa shape index (κ2) is 10.2. The fraction of sp³-hybridized carbons (Fsp3) is 0.208. The van der Waals surface area contributed by atoms with Crippen molar-refractivity contribution in [3.63, 3.8) is 0 Å². The zero-order valence-electron chi connectivity index (χ0n) is 18.1. The molecule has 0 spiro atoms. The number of ether oxygens (including phenoxy) is 2. The van der Waals surface area contributed by atoms with Gasteiger partial charge >= 0.3 is 0 Å². The van der Waals surface area contributed by atoms with E-state index in [4.69, 9.17) is 9.47 Å². The smallest absolute Gasteiger partial charge is 0.294 e. The van der Waals surface area contributed by atoms with E-state index in [1.54, 1.807) is 30.4 Å². The van der Waals surface area contributed by atoms with Gasteiger partial charge in [-0.3, -0.25) is 19.3 Å². The van der Waals surface area contributed by atoms with Crippen LogP contribution in [0.3, 0.4) is 0 Å². The van der Waals surface area contributed by atoms with Gasteiger partial charge in [-0.05, 0) is 60.5 Å². The molecule has 1 aliphatic heterocycles. The first-order valence-electron chi connectivity index (χ1n) is 9.87. The van der Waals surface area contributed by atoms with E-state index >= 15 is 0 Å². The molecule has 0 saturated carbocycles. The largest absolute Gasteiger partial charge is 0.493 e. The normalized spacial score (nSPS) is 14.6. The topological polar surface area (TPSA) is 84.9 Å². The van der Waals surface area contributed by atoms with Crippen molar-refractivity contribution >= 4 is 40.6 Å². The molecule has 7 nitrogen and oxygen atoms in total. The number of thioether (sulfide) groups is 1. The fourth-order valence-electron chi connectivity index (χ4n) is 3.16. The standard InChI is InChI=1S/C24H24N2O5S/c1-5-11-31-18-10-9-17(12-19(18)30-4)13-20-23(28)26(24(29)32-20)14-21(27)25-22-15(2)7-6-8-16(22)3/h5-10,12-13H,1,11,14H2,2-4H3,(H,25,27)/b20-13+. The number of aryl methyl sites for hydroxylation is 2. The first-order chi connectivity index (χ1) is 15.3. The Balaban J connectivity index is 1.73. The zero-order chi connectivity index (χ0) is 23.3. The van der Waals surface area contributed by atoms with Crippen molar-refractivity contribution in [2.45, 2.75) is 13.8 Å². The quantitative estimate of drug-likeness (QED) is 0.467. The maximum Gasteiger partial charge on any atom is 0.294 e. The molecule has 1 aliphatic rings. The molecule has 2 aromatic rings. The van der Waals surface area contributed by atoms with E-state index in [1.165, 1.54) is 7.11 Å². The molecule has 2 aromatic carbocycles. The number of amides is 3. The van der Waals surface area contributed by atoms with Gasteiger partial charge in [0.25, 0.3) is 11.1 Å². The number of hydrogen-bond acceptors (Lipinski definition) is 6. The summed E-state index contributed by atoms with van der Waals surface area (Å²) in [6.45, 7) is 7.35. The number of methoxy groups -OCH3 is 1. The number of imide groups is 1. The number of anilines is 1. The van der Waals surface area contributed by atoms with Gasteiger partial charge in [-0.15, -0.1) is 0 Å². The van der Waals surface area contributed by atoms with Crippen LogP contribution in [0.25, 0.3) is 6.08 Å². The van der Waals surface area contributed by atoms with Gasteiger partial charge in [0.15, 0.2) is 11.5 Å². The van der Waals surface area contributed by atoms with Gasteiger partial charge in [-0.1, -0.05) is 36.9 Å². The molecule has 3 rings (SSSR count). The molecule has 0 aliphatic carbocycles. The molecule has 3 amide bonds. The predicted molar refractivity (Wildman–Crippen MR) is 126 cm³/mol. The number of hydrogen-bond donors (Lipinski definition) is 1. The lowest BCUT2D eigenvalue weighted by Gasteiger charge is -2.15. The van der Waals surface area contributed by atoms with Crippen LogP contribution in [-0.4, -0.2) is 42.2 Å². The molecule has 8 heteroatoms. The third kappa shape index (κ3) is 5.20. The minimum Gasteiger partial charge on any atom is -0.493 e. The summed E-state index contributed by atoms with van der Waals surface area (Å²) in [5.41, 5.74) is 3.16. The van der Waals surface area contributed by atoms with Gasteiger partial charge in [0, 0.05) is 5.69 Å². The second-order valence-electron chi connectivity index (χ2n) is 7.09. The van der Waals surface area contributed by atoms with Crippen LogP contribution in [0.1, 0.15) is 16.7 Å². The number of carbonyl (C=O) groups excluding carboxylic acids is 3. The Morgan fingerprint density at radius 3 is 2.53 bits per heavy atom. The highest BCUT2D eigenvalue weighted by molar-refractivity contribution is 8.18. The summed E-state index contributed by atoms with van der Waals surface area (Å²) in [5.74, 6) is 0.0903. The minimum absolute atomic E-state index is 0.233. The maximum absolute atomic E-state index is 12.8. The van der Waals surface area contributed by atoms with Crippen LogP contribution in [-0.2, 0) is 9.59 Å². The predicted octanol–water partition coefficient (Wildman–Crippen LogP) is 4.55. The Morgan fingerprint density at radius 2 is 1.88 bits per heavy atom. The van der Waals surface area contributed by atoms with Crippen LogP contribution in [0, 0.1) is 13.8 Å². The van der Waals surface area contributed by atoms with Gasteiger partial charge in [0.2, 0.25) is 5.91 Å². The van der Waals surface area contributed by atoms with Crippen LogP contribution in [0.4, 0.5) is 10.5 Å². The molecule has 0 bridgehead atoms. The molecule has 1 fully saturated rings. The number of carbonyl (C=O) groups is 3. The fourth-order valence-corrected chi connectivity index (χ4v) is 4.00. The third-order valence-corrected chi connectivity index (χ3v) is 5.67. The molecular weight excluding hydrogens is 428 g/mol. The molecule has 0 aromatic heterocycles. The summed E-state index contributed by atoms with van der Waals surface area (Å²) >= 11 is 0.796. The summed E-state index contributed by atoms with van der Waals surface area (Å²) in [7, 11) is 1.52. The second-order valence-corrected chi connectivity index (χ2v) is 8.09. The van der Waals surface area contributed by atoms with Crippen LogP contribution in [0.15, 0.2) is 54.0 Å². The Morgan fingerprint density at radius 1 is 1.16 bits per heavy atom. The molecule has 1 N–H and O–H groups in total. The van der Waals surface area contributed by atoms with Crippen molar-refractivity contribution < 1.29 is 23.9 Å². The van der Waals surface area contributed by atoms with E-state index in [-0.39, 0.29) is 11.4 Å². The molecule has 166 valence electrons. The highest BCUT2D eigenvalue weighted by atomic mass is 32.2. The minimum atomic E-state index is -0.511. The Bertz CT molecular complexity index is 1090. The lowest BCUT2D eigenvalue weighted by molar-refractivity contribution is -0.127. The van der Waals surface area contributed by atoms with Crippen molar-refractivity contribution in [2.75, 3.05) is 25.6 Å². The maximum atomic E-state index is 12.8. The van der Waals surface area contributed by atoms with Crippen LogP contribution in [0.5, 0.6) is 11.5 Å². The lowest BCUT2D eigenvalue weighted by Crippen LogP contribution is -2.36. The summed E-state index contributed by atoms with van der Waals surface area (Å²) in [6.07, 6.45) is 3.22. The van der Waals surface area contributed by atoms with Gasteiger partial charge in [-0.25, -0.2) is 0 Å².